The van der Waals surface area contributed by atoms with Gasteiger partial charge in [-0.1, -0.05) is 12.5 Å². The standard InChI is InChI=1S/C27H34N6O/c1-18-16-29-25(26(34)31-22-8-9-22)15-23(18)20-7-10-24-21(14-20)17-30-27(32-24)28-11-5-13-33-12-4-3-6-19(33)2/h7,10,14-17,19,22H,3-6,8-9,11-13H2,1-2H3,(H,31,34)(H,28,30,32). The molecule has 3 heterocycles. The fourth-order valence-corrected chi connectivity index (χ4v) is 4.70. The number of pyridine rings is 1. The number of anilines is 1. The quantitative estimate of drug-likeness (QED) is 0.481. The Labute approximate surface area is 201 Å². The zero-order chi connectivity index (χ0) is 23.5. The summed E-state index contributed by atoms with van der Waals surface area (Å²) in [6.45, 7) is 7.57. The molecule has 2 N–H and O–H groups in total. The molecule has 7 nitrogen and oxygen atoms in total. The topological polar surface area (TPSA) is 83.0 Å². The second kappa shape index (κ2) is 10.1. The number of hydrogen-bond acceptors (Lipinski definition) is 6. The molecule has 1 amide bonds. The lowest BCUT2D eigenvalue weighted by Gasteiger charge is -2.33. The number of aromatic nitrogens is 3. The molecule has 34 heavy (non-hydrogen) atoms. The number of carbonyl (C=O) groups excluding carboxylic acids is 1. The summed E-state index contributed by atoms with van der Waals surface area (Å²) in [5, 5.41) is 7.38. The molecule has 1 aromatic carbocycles. The lowest BCUT2D eigenvalue weighted by molar-refractivity contribution is 0.0946. The first kappa shape index (κ1) is 22.7. The number of benzene rings is 1. The van der Waals surface area contributed by atoms with Crippen LogP contribution in [0.2, 0.25) is 0 Å². The Morgan fingerprint density at radius 1 is 1.12 bits per heavy atom. The second-order valence-corrected chi connectivity index (χ2v) is 9.76. The van der Waals surface area contributed by atoms with E-state index in [0.29, 0.717) is 23.7 Å². The van der Waals surface area contributed by atoms with Gasteiger partial charge in [-0.2, -0.15) is 0 Å². The molecule has 1 saturated heterocycles. The van der Waals surface area contributed by atoms with Crippen LogP contribution in [0.5, 0.6) is 0 Å². The van der Waals surface area contributed by atoms with Crippen molar-refractivity contribution in [3.63, 3.8) is 0 Å². The van der Waals surface area contributed by atoms with E-state index in [1.807, 2.05) is 25.3 Å². The number of amides is 1. The van der Waals surface area contributed by atoms with E-state index in [2.05, 4.69) is 44.6 Å². The Balaban J connectivity index is 1.24. The van der Waals surface area contributed by atoms with E-state index in [4.69, 9.17) is 4.98 Å². The Bertz CT molecular complexity index is 1170. The number of likely N-dealkylation sites (tertiary alicyclic amines) is 1. The molecule has 0 bridgehead atoms. The van der Waals surface area contributed by atoms with Gasteiger partial charge in [0, 0.05) is 43.0 Å². The van der Waals surface area contributed by atoms with Gasteiger partial charge in [0.1, 0.15) is 5.69 Å². The van der Waals surface area contributed by atoms with Crippen LogP contribution in [0.4, 0.5) is 5.95 Å². The molecule has 1 aliphatic heterocycles. The SMILES string of the molecule is Cc1cnc(C(=O)NC2CC2)cc1-c1ccc2nc(NCCCN3CCCCC3C)ncc2c1. The van der Waals surface area contributed by atoms with Gasteiger partial charge in [-0.05, 0) is 87.4 Å². The van der Waals surface area contributed by atoms with Crippen molar-refractivity contribution < 1.29 is 4.79 Å². The number of nitrogens with one attached hydrogen (secondary N) is 2. The molecule has 0 spiro atoms. The number of piperidine rings is 1. The van der Waals surface area contributed by atoms with Crippen LogP contribution in [-0.4, -0.2) is 57.5 Å². The molecule has 1 unspecified atom stereocenters. The van der Waals surface area contributed by atoms with Crippen molar-refractivity contribution in [3.05, 3.63) is 47.9 Å². The highest BCUT2D eigenvalue weighted by atomic mass is 16.2. The number of rotatable bonds is 8. The predicted molar refractivity (Wildman–Crippen MR) is 136 cm³/mol. The van der Waals surface area contributed by atoms with Gasteiger partial charge in [-0.15, -0.1) is 0 Å². The fraction of sp³-hybridized carbons (Fsp3) is 0.481. The highest BCUT2D eigenvalue weighted by Gasteiger charge is 2.24. The molecule has 1 atom stereocenters. The molecule has 0 radical (unpaired) electrons. The minimum atomic E-state index is -0.0988. The molecule has 2 aliphatic rings. The fourth-order valence-electron chi connectivity index (χ4n) is 4.70. The van der Waals surface area contributed by atoms with Gasteiger partial charge in [0.2, 0.25) is 5.95 Å². The number of nitrogens with zero attached hydrogens (tertiary/aromatic N) is 4. The molecule has 5 rings (SSSR count). The Morgan fingerprint density at radius 3 is 2.82 bits per heavy atom. The van der Waals surface area contributed by atoms with Crippen molar-refractivity contribution in [2.24, 2.45) is 0 Å². The van der Waals surface area contributed by atoms with Crippen LogP contribution in [0.3, 0.4) is 0 Å². The van der Waals surface area contributed by atoms with Crippen molar-refractivity contribution in [2.75, 3.05) is 25.0 Å². The Morgan fingerprint density at radius 2 is 2.00 bits per heavy atom. The molecular formula is C27H34N6O. The first-order chi connectivity index (χ1) is 16.6. The summed E-state index contributed by atoms with van der Waals surface area (Å²) < 4.78 is 0. The van der Waals surface area contributed by atoms with Crippen LogP contribution >= 0.6 is 0 Å². The molecular weight excluding hydrogens is 424 g/mol. The van der Waals surface area contributed by atoms with Gasteiger partial charge in [-0.25, -0.2) is 9.97 Å². The first-order valence-electron chi connectivity index (χ1n) is 12.6. The lowest BCUT2D eigenvalue weighted by Crippen LogP contribution is -2.38. The Kier molecular flexibility index (Phi) is 6.72. The van der Waals surface area contributed by atoms with Crippen LogP contribution < -0.4 is 10.6 Å². The normalized spacial score (nSPS) is 18.7. The van der Waals surface area contributed by atoms with E-state index in [0.717, 1.165) is 59.9 Å². The highest BCUT2D eigenvalue weighted by Crippen LogP contribution is 2.27. The van der Waals surface area contributed by atoms with Crippen molar-refractivity contribution >= 4 is 22.8 Å². The molecule has 7 heteroatoms. The third-order valence-electron chi connectivity index (χ3n) is 6.98. The van der Waals surface area contributed by atoms with Gasteiger partial charge in [-0.3, -0.25) is 9.78 Å². The van der Waals surface area contributed by atoms with Crippen LogP contribution in [0, 0.1) is 6.92 Å². The summed E-state index contributed by atoms with van der Waals surface area (Å²) in [6.07, 6.45) is 10.8. The molecule has 1 saturated carbocycles. The molecule has 178 valence electrons. The Hall–Kier alpha value is -3.06. The van der Waals surface area contributed by atoms with E-state index >= 15 is 0 Å². The van der Waals surface area contributed by atoms with Crippen molar-refractivity contribution in [2.45, 2.75) is 64.5 Å². The summed E-state index contributed by atoms with van der Waals surface area (Å²) in [5.41, 5.74) is 4.44. The monoisotopic (exact) mass is 458 g/mol. The predicted octanol–water partition coefficient (Wildman–Crippen LogP) is 4.57. The average molecular weight is 459 g/mol. The zero-order valence-corrected chi connectivity index (χ0v) is 20.2. The van der Waals surface area contributed by atoms with Gasteiger partial charge < -0.3 is 15.5 Å². The van der Waals surface area contributed by atoms with Crippen molar-refractivity contribution in [1.29, 1.82) is 0 Å². The maximum Gasteiger partial charge on any atom is 0.270 e. The van der Waals surface area contributed by atoms with E-state index in [-0.39, 0.29) is 5.91 Å². The number of aryl methyl sites for hydroxylation is 1. The summed E-state index contributed by atoms with van der Waals surface area (Å²) in [6, 6.07) is 9.06. The van der Waals surface area contributed by atoms with Crippen LogP contribution in [-0.2, 0) is 0 Å². The second-order valence-electron chi connectivity index (χ2n) is 9.76. The maximum absolute atomic E-state index is 12.5. The summed E-state index contributed by atoms with van der Waals surface area (Å²) in [5.74, 6) is 0.574. The maximum atomic E-state index is 12.5. The third-order valence-corrected chi connectivity index (χ3v) is 6.98. The molecule has 1 aliphatic carbocycles. The third kappa shape index (κ3) is 5.36. The molecule has 3 aromatic rings. The number of hydrogen-bond donors (Lipinski definition) is 2. The smallest absolute Gasteiger partial charge is 0.270 e. The van der Waals surface area contributed by atoms with Gasteiger partial charge in [0.15, 0.2) is 0 Å². The van der Waals surface area contributed by atoms with E-state index < -0.39 is 0 Å². The van der Waals surface area contributed by atoms with Crippen LogP contribution in [0.1, 0.15) is 61.5 Å². The molecule has 2 fully saturated rings. The highest BCUT2D eigenvalue weighted by molar-refractivity contribution is 5.94. The van der Waals surface area contributed by atoms with Gasteiger partial charge in [0.25, 0.3) is 5.91 Å². The lowest BCUT2D eigenvalue weighted by atomic mass is 10.00. The summed E-state index contributed by atoms with van der Waals surface area (Å²) in [7, 11) is 0. The first-order valence-corrected chi connectivity index (χ1v) is 12.6. The minimum absolute atomic E-state index is 0.0988. The van der Waals surface area contributed by atoms with Crippen molar-refractivity contribution in [1.82, 2.24) is 25.2 Å². The van der Waals surface area contributed by atoms with Gasteiger partial charge in [0.05, 0.1) is 5.52 Å². The molecule has 2 aromatic heterocycles. The summed E-state index contributed by atoms with van der Waals surface area (Å²) in [4.78, 5) is 28.6. The number of fused-ring (bicyclic) bond motifs is 1. The van der Waals surface area contributed by atoms with E-state index in [9.17, 15) is 4.79 Å². The average Bonchev–Trinajstić information content (AvgIpc) is 3.67. The minimum Gasteiger partial charge on any atom is -0.354 e. The zero-order valence-electron chi connectivity index (χ0n) is 20.2. The van der Waals surface area contributed by atoms with Crippen molar-refractivity contribution in [3.8, 4) is 11.1 Å². The van der Waals surface area contributed by atoms with E-state index in [1.165, 1.54) is 25.8 Å². The van der Waals surface area contributed by atoms with E-state index in [1.54, 1.807) is 6.20 Å². The van der Waals surface area contributed by atoms with Crippen LogP contribution in [0.25, 0.3) is 22.0 Å². The van der Waals surface area contributed by atoms with Crippen LogP contribution in [0.15, 0.2) is 36.7 Å². The summed E-state index contributed by atoms with van der Waals surface area (Å²) >= 11 is 0. The number of carbonyl (C=O) groups is 1. The van der Waals surface area contributed by atoms with Gasteiger partial charge >= 0.3 is 0 Å². The largest absolute Gasteiger partial charge is 0.354 e.